The second kappa shape index (κ2) is 6.93. The van der Waals surface area contributed by atoms with Crippen LogP contribution in [0.4, 0.5) is 5.69 Å². The van der Waals surface area contributed by atoms with E-state index in [1.54, 1.807) is 24.3 Å². The molecule has 1 saturated carbocycles. The Morgan fingerprint density at radius 2 is 1.10 bits per heavy atom. The van der Waals surface area contributed by atoms with Crippen molar-refractivity contribution in [3.8, 4) is 0 Å². The molecule has 0 N–H and O–H groups in total. The van der Waals surface area contributed by atoms with E-state index in [2.05, 4.69) is 24.3 Å². The first kappa shape index (κ1) is 18.6. The van der Waals surface area contributed by atoms with Gasteiger partial charge >= 0.3 is 0 Å². The van der Waals surface area contributed by atoms with Gasteiger partial charge in [-0.3, -0.25) is 14.5 Å². The van der Waals surface area contributed by atoms with Crippen molar-refractivity contribution in [2.75, 3.05) is 4.90 Å². The predicted octanol–water partition coefficient (Wildman–Crippen LogP) is 5.71. The number of anilines is 1. The van der Waals surface area contributed by atoms with Crippen LogP contribution in [0.15, 0.2) is 84.9 Å². The van der Waals surface area contributed by atoms with Crippen molar-refractivity contribution in [1.29, 1.82) is 0 Å². The summed E-state index contributed by atoms with van der Waals surface area (Å²) >= 11 is 6.02. The van der Waals surface area contributed by atoms with Gasteiger partial charge in [0.05, 0.1) is 17.5 Å². The van der Waals surface area contributed by atoms with Crippen molar-refractivity contribution in [2.24, 2.45) is 23.7 Å². The molecule has 4 unspecified atom stereocenters. The number of nitrogens with zero attached hydrogens (tertiary/aromatic N) is 1. The summed E-state index contributed by atoms with van der Waals surface area (Å²) in [5.74, 6) is -0.634. The number of benzene rings is 3. The van der Waals surface area contributed by atoms with Gasteiger partial charge in [-0.05, 0) is 64.8 Å². The first-order valence-corrected chi connectivity index (χ1v) is 11.0. The van der Waals surface area contributed by atoms with Gasteiger partial charge < -0.3 is 0 Å². The maximum Gasteiger partial charge on any atom is 0.238 e. The number of rotatable bonds is 3. The van der Waals surface area contributed by atoms with Crippen LogP contribution >= 0.6 is 11.6 Å². The Balaban J connectivity index is 1.49. The molecule has 0 radical (unpaired) electrons. The summed E-state index contributed by atoms with van der Waals surface area (Å²) in [6, 6.07) is 27.6. The second-order valence-electron chi connectivity index (χ2n) is 8.55. The smallest absolute Gasteiger partial charge is 0.238 e. The molecule has 1 aliphatic heterocycles. The lowest BCUT2D eigenvalue weighted by molar-refractivity contribution is -0.123. The van der Waals surface area contributed by atoms with Crippen LogP contribution < -0.4 is 4.90 Å². The highest BCUT2D eigenvalue weighted by molar-refractivity contribution is 6.31. The number of carbonyl (C=O) groups excluding carboxylic acids is 2. The summed E-state index contributed by atoms with van der Waals surface area (Å²) in [6.07, 6.45) is 0.857. The molecule has 31 heavy (non-hydrogen) atoms. The van der Waals surface area contributed by atoms with Gasteiger partial charge in [-0.25, -0.2) is 0 Å². The van der Waals surface area contributed by atoms with E-state index in [1.165, 1.54) is 16.0 Å². The zero-order valence-electron chi connectivity index (χ0n) is 16.7. The lowest BCUT2D eigenvalue weighted by atomic mass is 9.73. The van der Waals surface area contributed by atoms with Gasteiger partial charge in [0, 0.05) is 5.02 Å². The summed E-state index contributed by atoms with van der Waals surface area (Å²) < 4.78 is 0. The molecule has 2 aliphatic carbocycles. The number of hydrogen-bond donors (Lipinski definition) is 0. The molecule has 3 nitrogen and oxygen atoms in total. The molecule has 2 bridgehead atoms. The minimum Gasteiger partial charge on any atom is -0.274 e. The summed E-state index contributed by atoms with van der Waals surface area (Å²) in [7, 11) is 0. The van der Waals surface area contributed by atoms with Gasteiger partial charge in [0.15, 0.2) is 0 Å². The fourth-order valence-electron chi connectivity index (χ4n) is 5.94. The lowest BCUT2D eigenvalue weighted by Gasteiger charge is -2.27. The number of fused-ring (bicyclic) bond motifs is 5. The fourth-order valence-corrected chi connectivity index (χ4v) is 6.07. The molecule has 1 heterocycles. The van der Waals surface area contributed by atoms with Crippen molar-refractivity contribution in [3.05, 3.63) is 101 Å². The van der Waals surface area contributed by atoms with Crippen molar-refractivity contribution in [3.63, 3.8) is 0 Å². The van der Waals surface area contributed by atoms with Gasteiger partial charge in [0.25, 0.3) is 0 Å². The number of allylic oxidation sites excluding steroid dienone is 2. The maximum absolute atomic E-state index is 13.5. The zero-order chi connectivity index (χ0) is 21.1. The average Bonchev–Trinajstić information content (AvgIpc) is 3.45. The van der Waals surface area contributed by atoms with E-state index < -0.39 is 0 Å². The van der Waals surface area contributed by atoms with Crippen molar-refractivity contribution in [2.45, 2.75) is 6.42 Å². The summed E-state index contributed by atoms with van der Waals surface area (Å²) in [6.45, 7) is 0. The second-order valence-corrected chi connectivity index (χ2v) is 8.98. The number of hydrogen-bond acceptors (Lipinski definition) is 2. The van der Waals surface area contributed by atoms with Crippen LogP contribution in [-0.2, 0) is 9.59 Å². The number of halogens is 1. The van der Waals surface area contributed by atoms with Crippen LogP contribution in [0.1, 0.15) is 17.5 Å². The van der Waals surface area contributed by atoms with E-state index in [9.17, 15) is 9.59 Å². The SMILES string of the molecule is O=C1C2C3CC(C(c4ccccc4)=C3c3ccccc3)C2C(=O)N1c1ccc(Cl)cc1. The van der Waals surface area contributed by atoms with Crippen LogP contribution in [0, 0.1) is 23.7 Å². The molecule has 0 spiro atoms. The van der Waals surface area contributed by atoms with E-state index >= 15 is 0 Å². The largest absolute Gasteiger partial charge is 0.274 e. The highest BCUT2D eigenvalue weighted by atomic mass is 35.5. The minimum atomic E-state index is -0.296. The van der Waals surface area contributed by atoms with Crippen LogP contribution in [0.3, 0.4) is 0 Å². The Morgan fingerprint density at radius 1 is 0.645 bits per heavy atom. The lowest BCUT2D eigenvalue weighted by Crippen LogP contribution is -2.32. The molecule has 2 amide bonds. The molecule has 2 fully saturated rings. The number of amides is 2. The molecule has 1 saturated heterocycles. The Hall–Kier alpha value is -3.17. The highest BCUT2D eigenvalue weighted by Gasteiger charge is 2.64. The van der Waals surface area contributed by atoms with Crippen molar-refractivity contribution < 1.29 is 9.59 Å². The Morgan fingerprint density at radius 3 is 1.55 bits per heavy atom. The standard InChI is InChI=1S/C27H20ClNO2/c28-18-11-13-19(14-12-18)29-26(30)24-20-15-21(25(24)27(29)31)23(17-9-5-2-6-10-17)22(20)16-7-3-1-4-8-16/h1-14,20-21,24-25H,15H2. The van der Waals surface area contributed by atoms with Crippen molar-refractivity contribution in [1.82, 2.24) is 0 Å². The molecule has 3 aromatic rings. The van der Waals surface area contributed by atoms with Crippen molar-refractivity contribution >= 4 is 40.2 Å². The molecule has 3 aromatic carbocycles. The molecule has 6 rings (SSSR count). The molecular formula is C27H20ClNO2. The van der Waals surface area contributed by atoms with E-state index in [1.807, 2.05) is 36.4 Å². The zero-order valence-corrected chi connectivity index (χ0v) is 17.5. The van der Waals surface area contributed by atoms with Gasteiger partial charge in [-0.15, -0.1) is 0 Å². The summed E-state index contributed by atoms with van der Waals surface area (Å²) in [5.41, 5.74) is 5.38. The Labute approximate surface area is 186 Å². The van der Waals surface area contributed by atoms with Crippen LogP contribution in [0.25, 0.3) is 11.1 Å². The van der Waals surface area contributed by atoms with Crippen LogP contribution in [0.2, 0.25) is 5.02 Å². The van der Waals surface area contributed by atoms with Gasteiger partial charge in [-0.2, -0.15) is 0 Å². The maximum atomic E-state index is 13.5. The fraction of sp³-hybridized carbons (Fsp3) is 0.185. The Bertz CT molecular complexity index is 1140. The average molecular weight is 426 g/mol. The highest BCUT2D eigenvalue weighted by Crippen LogP contribution is 2.63. The van der Waals surface area contributed by atoms with Gasteiger partial charge in [0.2, 0.25) is 11.8 Å². The van der Waals surface area contributed by atoms with E-state index in [0.717, 1.165) is 17.5 Å². The van der Waals surface area contributed by atoms with E-state index in [4.69, 9.17) is 11.6 Å². The first-order valence-electron chi connectivity index (χ1n) is 10.6. The normalized spacial score (nSPS) is 26.7. The molecule has 4 heteroatoms. The molecular weight excluding hydrogens is 406 g/mol. The summed E-state index contributed by atoms with van der Waals surface area (Å²) in [4.78, 5) is 28.5. The third kappa shape index (κ3) is 2.66. The van der Waals surface area contributed by atoms with Gasteiger partial charge in [-0.1, -0.05) is 72.3 Å². The van der Waals surface area contributed by atoms with E-state index in [0.29, 0.717) is 10.7 Å². The predicted molar refractivity (Wildman–Crippen MR) is 122 cm³/mol. The third-order valence-corrected chi connectivity index (χ3v) is 7.31. The van der Waals surface area contributed by atoms with E-state index in [-0.39, 0.29) is 35.5 Å². The molecule has 4 atom stereocenters. The first-order chi connectivity index (χ1) is 15.1. The van der Waals surface area contributed by atoms with Crippen LogP contribution in [0.5, 0.6) is 0 Å². The molecule has 0 aromatic heterocycles. The Kier molecular flexibility index (Phi) is 4.15. The number of carbonyl (C=O) groups is 2. The molecule has 152 valence electrons. The van der Waals surface area contributed by atoms with Gasteiger partial charge in [0.1, 0.15) is 0 Å². The molecule has 3 aliphatic rings. The minimum absolute atomic E-state index is 0.0568. The third-order valence-electron chi connectivity index (χ3n) is 7.06. The monoisotopic (exact) mass is 425 g/mol. The number of imide groups is 1. The van der Waals surface area contributed by atoms with Crippen LogP contribution in [-0.4, -0.2) is 11.8 Å². The quantitative estimate of drug-likeness (QED) is 0.504. The summed E-state index contributed by atoms with van der Waals surface area (Å²) in [5, 5.41) is 0.586. The topological polar surface area (TPSA) is 37.4 Å².